The van der Waals surface area contributed by atoms with E-state index in [4.69, 9.17) is 4.65 Å². The monoisotopic (exact) mass is 130 g/mol. The lowest BCUT2D eigenvalue weighted by atomic mass is 9.94. The van der Waals surface area contributed by atoms with Crippen molar-refractivity contribution in [2.24, 2.45) is 0 Å². The maximum atomic E-state index is 5.39. The van der Waals surface area contributed by atoms with E-state index in [1.165, 1.54) is 12.2 Å². The van der Waals surface area contributed by atoms with Crippen LogP contribution in [0.5, 0.6) is 0 Å². The quantitative estimate of drug-likeness (QED) is 0.499. The van der Waals surface area contributed by atoms with Gasteiger partial charge in [0.2, 0.25) is 0 Å². The molecule has 0 aromatic rings. The first-order valence-corrected chi connectivity index (χ1v) is 4.21. The maximum absolute atomic E-state index is 5.39. The molecule has 0 aromatic heterocycles. The first-order valence-electron chi connectivity index (χ1n) is 3.16. The summed E-state index contributed by atoms with van der Waals surface area (Å²) in [5.74, 6) is 1.29. The molecule has 0 aliphatic carbocycles. The van der Waals surface area contributed by atoms with Gasteiger partial charge in [-0.3, -0.25) is 0 Å². The first kappa shape index (κ1) is 6.49. The molecule has 1 nitrogen and oxygen atoms in total. The van der Waals surface area contributed by atoms with Crippen molar-refractivity contribution in [2.75, 3.05) is 12.4 Å². The summed E-state index contributed by atoms with van der Waals surface area (Å²) in [4.78, 5) is 0. The molecule has 0 amide bonds. The van der Waals surface area contributed by atoms with Crippen LogP contribution in [0.2, 0.25) is 6.32 Å². The summed E-state index contributed by atoms with van der Waals surface area (Å²) < 4.78 is 5.39. The normalized spacial score (nSPS) is 21.4. The fourth-order valence-electron chi connectivity index (χ4n) is 0.772. The van der Waals surface area contributed by atoms with Crippen molar-refractivity contribution >= 4 is 17.8 Å². The predicted octanol–water partition coefficient (Wildman–Crippen LogP) is 1.65. The van der Waals surface area contributed by atoms with Crippen LogP contribution < -0.4 is 0 Å². The van der Waals surface area contributed by atoms with Crippen LogP contribution in [0.15, 0.2) is 0 Å². The Balaban J connectivity index is 2.13. The standard InChI is InChI=1S/C5H11BOS/c1-2-6-7-4-3-5-8-6/h2-5H2,1H3. The number of hydrogen-bond donors (Lipinski definition) is 0. The average molecular weight is 130 g/mol. The van der Waals surface area contributed by atoms with Crippen LogP contribution in [0.1, 0.15) is 13.3 Å². The van der Waals surface area contributed by atoms with Crippen LogP contribution in [-0.2, 0) is 4.65 Å². The van der Waals surface area contributed by atoms with Crippen LogP contribution in [-0.4, -0.2) is 18.6 Å². The van der Waals surface area contributed by atoms with E-state index >= 15 is 0 Å². The Morgan fingerprint density at radius 2 is 2.62 bits per heavy atom. The van der Waals surface area contributed by atoms with Gasteiger partial charge >= 0.3 is 6.19 Å². The third-order valence-electron chi connectivity index (χ3n) is 1.23. The van der Waals surface area contributed by atoms with Crippen molar-refractivity contribution in [1.82, 2.24) is 0 Å². The molecule has 3 heteroatoms. The van der Waals surface area contributed by atoms with Gasteiger partial charge in [-0.25, -0.2) is 0 Å². The molecular formula is C5H11BOS. The molecule has 1 saturated heterocycles. The van der Waals surface area contributed by atoms with Crippen molar-refractivity contribution in [3.63, 3.8) is 0 Å². The minimum atomic E-state index is 0.503. The summed E-state index contributed by atoms with van der Waals surface area (Å²) in [5, 5.41) is 0. The summed E-state index contributed by atoms with van der Waals surface area (Å²) in [7, 11) is 0. The van der Waals surface area contributed by atoms with Crippen molar-refractivity contribution in [3.8, 4) is 0 Å². The van der Waals surface area contributed by atoms with Crippen LogP contribution in [0.4, 0.5) is 0 Å². The van der Waals surface area contributed by atoms with Gasteiger partial charge in [-0.1, -0.05) is 6.92 Å². The van der Waals surface area contributed by atoms with E-state index in [9.17, 15) is 0 Å². The van der Waals surface area contributed by atoms with Gasteiger partial charge in [-0.2, -0.15) is 11.6 Å². The molecule has 0 bridgehead atoms. The molecule has 1 heterocycles. The second-order valence-corrected chi connectivity index (χ2v) is 3.20. The molecule has 0 atom stereocenters. The van der Waals surface area contributed by atoms with E-state index in [0.29, 0.717) is 6.19 Å². The fraction of sp³-hybridized carbons (Fsp3) is 1.00. The van der Waals surface area contributed by atoms with Gasteiger partial charge in [-0.05, 0) is 18.5 Å². The van der Waals surface area contributed by atoms with Crippen LogP contribution in [0, 0.1) is 0 Å². The lowest BCUT2D eigenvalue weighted by Crippen LogP contribution is -2.19. The van der Waals surface area contributed by atoms with Crippen molar-refractivity contribution < 1.29 is 4.65 Å². The maximum Gasteiger partial charge on any atom is 0.361 e. The van der Waals surface area contributed by atoms with Crippen LogP contribution >= 0.6 is 11.6 Å². The molecule has 0 N–H and O–H groups in total. The van der Waals surface area contributed by atoms with Crippen molar-refractivity contribution in [2.45, 2.75) is 19.7 Å². The van der Waals surface area contributed by atoms with E-state index < -0.39 is 0 Å². The Labute approximate surface area is 55.2 Å². The zero-order valence-corrected chi connectivity index (χ0v) is 6.04. The molecule has 1 fully saturated rings. The summed E-state index contributed by atoms with van der Waals surface area (Å²) in [6, 6.07) is 0. The first-order chi connectivity index (χ1) is 3.93. The minimum absolute atomic E-state index is 0.503. The largest absolute Gasteiger partial charge is 0.426 e. The molecule has 8 heavy (non-hydrogen) atoms. The zero-order chi connectivity index (χ0) is 5.82. The Kier molecular flexibility index (Phi) is 2.77. The van der Waals surface area contributed by atoms with E-state index in [1.807, 2.05) is 11.6 Å². The average Bonchev–Trinajstić information content (AvgIpc) is 1.90. The molecular weight excluding hydrogens is 119 g/mol. The van der Waals surface area contributed by atoms with Crippen molar-refractivity contribution in [3.05, 3.63) is 0 Å². The summed E-state index contributed by atoms with van der Waals surface area (Å²) in [6.07, 6.45) is 2.90. The van der Waals surface area contributed by atoms with E-state index in [1.54, 1.807) is 0 Å². The molecule has 0 radical (unpaired) electrons. The zero-order valence-electron chi connectivity index (χ0n) is 5.22. The topological polar surface area (TPSA) is 9.23 Å². The highest BCUT2D eigenvalue weighted by atomic mass is 32.2. The second-order valence-electron chi connectivity index (χ2n) is 1.93. The smallest absolute Gasteiger partial charge is 0.361 e. The summed E-state index contributed by atoms with van der Waals surface area (Å²) in [5.41, 5.74) is 0. The Morgan fingerprint density at radius 1 is 1.75 bits per heavy atom. The molecule has 0 unspecified atom stereocenters. The van der Waals surface area contributed by atoms with Gasteiger partial charge < -0.3 is 4.65 Å². The summed E-state index contributed by atoms with van der Waals surface area (Å²) in [6.45, 7) is 3.15. The van der Waals surface area contributed by atoms with E-state index in [0.717, 1.165) is 12.9 Å². The Morgan fingerprint density at radius 3 is 3.00 bits per heavy atom. The highest BCUT2D eigenvalue weighted by Crippen LogP contribution is 2.17. The van der Waals surface area contributed by atoms with Gasteiger partial charge in [0.15, 0.2) is 0 Å². The lowest BCUT2D eigenvalue weighted by molar-refractivity contribution is 0.327. The molecule has 1 rings (SSSR count). The third kappa shape index (κ3) is 1.71. The Hall–Kier alpha value is 0.375. The molecule has 0 aromatic carbocycles. The van der Waals surface area contributed by atoms with Gasteiger partial charge in [0, 0.05) is 6.61 Å². The van der Waals surface area contributed by atoms with Gasteiger partial charge in [0.05, 0.1) is 0 Å². The second kappa shape index (κ2) is 3.41. The predicted molar refractivity (Wildman–Crippen MR) is 39.3 cm³/mol. The Bertz CT molecular complexity index is 63.4. The van der Waals surface area contributed by atoms with E-state index in [-0.39, 0.29) is 0 Å². The minimum Gasteiger partial charge on any atom is -0.426 e. The molecule has 0 saturated carbocycles. The highest BCUT2D eigenvalue weighted by Gasteiger charge is 2.16. The van der Waals surface area contributed by atoms with Gasteiger partial charge in [0.25, 0.3) is 0 Å². The lowest BCUT2D eigenvalue weighted by Gasteiger charge is -2.16. The van der Waals surface area contributed by atoms with Gasteiger partial charge in [-0.15, -0.1) is 0 Å². The van der Waals surface area contributed by atoms with Crippen molar-refractivity contribution in [1.29, 1.82) is 0 Å². The molecule has 1 aliphatic heterocycles. The van der Waals surface area contributed by atoms with E-state index in [2.05, 4.69) is 6.92 Å². The third-order valence-corrected chi connectivity index (χ3v) is 2.60. The van der Waals surface area contributed by atoms with Crippen LogP contribution in [0.25, 0.3) is 0 Å². The summed E-state index contributed by atoms with van der Waals surface area (Å²) >= 11 is 1.94. The molecule has 46 valence electrons. The fourth-order valence-corrected chi connectivity index (χ4v) is 1.75. The van der Waals surface area contributed by atoms with Gasteiger partial charge in [0.1, 0.15) is 0 Å². The SMILES string of the molecule is CCB1OCCCS1. The molecule has 0 spiro atoms. The number of rotatable bonds is 1. The highest BCUT2D eigenvalue weighted by molar-refractivity contribution is 8.24. The number of hydrogen-bond acceptors (Lipinski definition) is 2. The molecule has 1 aliphatic rings. The van der Waals surface area contributed by atoms with Crippen LogP contribution in [0.3, 0.4) is 0 Å².